The standard InChI is InChI=1S/C24H29N3O3/c1-2-27-22-10-9-17(14-18(22)15-26-27)20-12-16(8-11-23(28)29)13-21(25)24(20)30-19-6-4-3-5-7-19/h9-10,12-15,19H,2-8,11,25H2,1H3,(H,28,29). The van der Waals surface area contributed by atoms with Crippen LogP contribution >= 0.6 is 0 Å². The molecule has 0 aliphatic heterocycles. The van der Waals surface area contributed by atoms with E-state index >= 15 is 0 Å². The van der Waals surface area contributed by atoms with Crippen LogP contribution in [-0.2, 0) is 17.8 Å². The van der Waals surface area contributed by atoms with E-state index in [0.717, 1.165) is 47.0 Å². The summed E-state index contributed by atoms with van der Waals surface area (Å²) in [7, 11) is 0. The maximum atomic E-state index is 11.1. The van der Waals surface area contributed by atoms with Crippen LogP contribution in [0.3, 0.4) is 0 Å². The van der Waals surface area contributed by atoms with Crippen molar-refractivity contribution in [3.63, 3.8) is 0 Å². The Balaban J connectivity index is 1.76. The molecule has 1 heterocycles. The van der Waals surface area contributed by atoms with Gasteiger partial charge in [-0.05, 0) is 74.4 Å². The van der Waals surface area contributed by atoms with Gasteiger partial charge in [0.15, 0.2) is 0 Å². The molecule has 6 nitrogen and oxygen atoms in total. The van der Waals surface area contributed by atoms with E-state index in [1.807, 2.05) is 23.0 Å². The molecule has 6 heteroatoms. The lowest BCUT2D eigenvalue weighted by atomic mass is 9.96. The zero-order valence-electron chi connectivity index (χ0n) is 17.4. The van der Waals surface area contributed by atoms with Crippen LogP contribution < -0.4 is 10.5 Å². The molecule has 2 aromatic carbocycles. The first-order valence-electron chi connectivity index (χ1n) is 10.8. The molecule has 30 heavy (non-hydrogen) atoms. The van der Waals surface area contributed by atoms with Crippen molar-refractivity contribution in [2.45, 2.75) is 64.5 Å². The molecule has 3 aromatic rings. The van der Waals surface area contributed by atoms with Gasteiger partial charge in [0, 0.05) is 23.9 Å². The monoisotopic (exact) mass is 407 g/mol. The number of ether oxygens (including phenoxy) is 1. The second-order valence-electron chi connectivity index (χ2n) is 8.07. The Labute approximate surface area is 176 Å². The fraction of sp³-hybridized carbons (Fsp3) is 0.417. The largest absolute Gasteiger partial charge is 0.488 e. The van der Waals surface area contributed by atoms with E-state index in [1.54, 1.807) is 0 Å². The lowest BCUT2D eigenvalue weighted by molar-refractivity contribution is -0.136. The number of nitrogens with two attached hydrogens (primary N) is 1. The van der Waals surface area contributed by atoms with Crippen molar-refractivity contribution in [3.8, 4) is 16.9 Å². The summed E-state index contributed by atoms with van der Waals surface area (Å²) in [5.41, 5.74) is 10.9. The minimum Gasteiger partial charge on any atom is -0.488 e. The van der Waals surface area contributed by atoms with Crippen molar-refractivity contribution >= 4 is 22.6 Å². The van der Waals surface area contributed by atoms with Crippen LogP contribution in [0.4, 0.5) is 5.69 Å². The molecule has 1 saturated carbocycles. The topological polar surface area (TPSA) is 90.4 Å². The van der Waals surface area contributed by atoms with Crippen LogP contribution in [0.5, 0.6) is 5.75 Å². The molecule has 3 N–H and O–H groups in total. The molecule has 0 unspecified atom stereocenters. The Morgan fingerprint density at radius 2 is 2.03 bits per heavy atom. The van der Waals surface area contributed by atoms with E-state index in [9.17, 15) is 4.79 Å². The van der Waals surface area contributed by atoms with Gasteiger partial charge in [-0.2, -0.15) is 5.10 Å². The number of nitrogen functional groups attached to an aromatic ring is 1. The first-order valence-corrected chi connectivity index (χ1v) is 10.8. The SMILES string of the molecule is CCn1ncc2cc(-c3cc(CCC(=O)O)cc(N)c3OC3CCCCC3)ccc21. The molecule has 1 aliphatic rings. The summed E-state index contributed by atoms with van der Waals surface area (Å²) in [5.74, 6) is -0.103. The number of carboxylic acids is 1. The average Bonchev–Trinajstić information content (AvgIpc) is 3.17. The molecule has 1 aliphatic carbocycles. The molecule has 0 radical (unpaired) electrons. The van der Waals surface area contributed by atoms with E-state index in [2.05, 4.69) is 30.2 Å². The third-order valence-electron chi connectivity index (χ3n) is 5.89. The highest BCUT2D eigenvalue weighted by molar-refractivity contribution is 5.87. The van der Waals surface area contributed by atoms with Crippen molar-refractivity contribution in [1.82, 2.24) is 9.78 Å². The number of nitrogens with zero attached hydrogens (tertiary/aromatic N) is 2. The van der Waals surface area contributed by atoms with Crippen molar-refractivity contribution in [3.05, 3.63) is 42.1 Å². The molecule has 1 fully saturated rings. The zero-order valence-corrected chi connectivity index (χ0v) is 17.4. The number of benzene rings is 2. The van der Waals surface area contributed by atoms with Gasteiger partial charge < -0.3 is 15.6 Å². The number of rotatable bonds is 7. The van der Waals surface area contributed by atoms with Gasteiger partial charge in [-0.15, -0.1) is 0 Å². The second-order valence-corrected chi connectivity index (χ2v) is 8.07. The lowest BCUT2D eigenvalue weighted by Crippen LogP contribution is -2.20. The summed E-state index contributed by atoms with van der Waals surface area (Å²) in [5, 5.41) is 14.6. The van der Waals surface area contributed by atoms with Gasteiger partial charge in [-0.25, -0.2) is 0 Å². The summed E-state index contributed by atoms with van der Waals surface area (Å²) >= 11 is 0. The van der Waals surface area contributed by atoms with Gasteiger partial charge in [0.05, 0.1) is 23.5 Å². The Bertz CT molecular complexity index is 1050. The number of hydrogen-bond donors (Lipinski definition) is 2. The Kier molecular flexibility index (Phi) is 5.93. The Hall–Kier alpha value is -3.02. The summed E-state index contributed by atoms with van der Waals surface area (Å²) < 4.78 is 8.40. The molecule has 0 bridgehead atoms. The van der Waals surface area contributed by atoms with E-state index in [0.29, 0.717) is 17.9 Å². The van der Waals surface area contributed by atoms with Crippen molar-refractivity contribution < 1.29 is 14.6 Å². The highest BCUT2D eigenvalue weighted by atomic mass is 16.5. The van der Waals surface area contributed by atoms with E-state index < -0.39 is 5.97 Å². The molecule has 4 rings (SSSR count). The number of hydrogen-bond acceptors (Lipinski definition) is 4. The molecule has 158 valence electrons. The number of aryl methyl sites for hydroxylation is 2. The summed E-state index contributed by atoms with van der Waals surface area (Å²) in [6.45, 7) is 2.89. The lowest BCUT2D eigenvalue weighted by Gasteiger charge is -2.26. The van der Waals surface area contributed by atoms with E-state index in [1.165, 1.54) is 19.3 Å². The van der Waals surface area contributed by atoms with Gasteiger partial charge in [0.25, 0.3) is 0 Å². The smallest absolute Gasteiger partial charge is 0.303 e. The fourth-order valence-electron chi connectivity index (χ4n) is 4.31. The number of carbonyl (C=O) groups is 1. The minimum absolute atomic E-state index is 0.0734. The maximum absolute atomic E-state index is 11.1. The predicted molar refractivity (Wildman–Crippen MR) is 119 cm³/mol. The van der Waals surface area contributed by atoms with Crippen LogP contribution in [-0.4, -0.2) is 27.0 Å². The number of aromatic nitrogens is 2. The second kappa shape index (κ2) is 8.78. The third kappa shape index (κ3) is 4.27. The molecular formula is C24H29N3O3. The quantitative estimate of drug-likeness (QED) is 0.536. The first-order chi connectivity index (χ1) is 14.5. The van der Waals surface area contributed by atoms with E-state index in [-0.39, 0.29) is 12.5 Å². The van der Waals surface area contributed by atoms with Crippen LogP contribution in [0.15, 0.2) is 36.5 Å². The number of anilines is 1. The predicted octanol–water partition coefficient (Wildman–Crippen LogP) is 5.03. The highest BCUT2D eigenvalue weighted by Crippen LogP contribution is 2.40. The molecule has 1 aromatic heterocycles. The number of aliphatic carboxylic acids is 1. The molecule has 0 atom stereocenters. The van der Waals surface area contributed by atoms with Crippen molar-refractivity contribution in [1.29, 1.82) is 0 Å². The molecular weight excluding hydrogens is 378 g/mol. The Morgan fingerprint density at radius 1 is 1.23 bits per heavy atom. The summed E-state index contributed by atoms with van der Waals surface area (Å²) in [6, 6.07) is 10.1. The van der Waals surface area contributed by atoms with Crippen LogP contribution in [0.25, 0.3) is 22.0 Å². The van der Waals surface area contributed by atoms with Crippen LogP contribution in [0, 0.1) is 0 Å². The minimum atomic E-state index is -0.814. The zero-order chi connectivity index (χ0) is 21.1. The van der Waals surface area contributed by atoms with Gasteiger partial charge in [0.2, 0.25) is 0 Å². The summed E-state index contributed by atoms with van der Waals surface area (Å²) in [4.78, 5) is 11.1. The number of carboxylic acid groups (broad SMARTS) is 1. The maximum Gasteiger partial charge on any atom is 0.303 e. The molecule has 0 saturated heterocycles. The first kappa shape index (κ1) is 20.3. The number of fused-ring (bicyclic) bond motifs is 1. The van der Waals surface area contributed by atoms with Crippen LogP contribution in [0.2, 0.25) is 0 Å². The van der Waals surface area contributed by atoms with Gasteiger partial charge in [-0.3, -0.25) is 9.48 Å². The highest BCUT2D eigenvalue weighted by Gasteiger charge is 2.20. The Morgan fingerprint density at radius 3 is 2.77 bits per heavy atom. The van der Waals surface area contributed by atoms with Gasteiger partial charge in [0.1, 0.15) is 5.75 Å². The van der Waals surface area contributed by atoms with Gasteiger partial charge in [-0.1, -0.05) is 12.5 Å². The molecule has 0 amide bonds. The summed E-state index contributed by atoms with van der Waals surface area (Å²) in [6.07, 6.45) is 8.27. The van der Waals surface area contributed by atoms with Crippen molar-refractivity contribution in [2.75, 3.05) is 5.73 Å². The normalized spacial score (nSPS) is 14.8. The van der Waals surface area contributed by atoms with Gasteiger partial charge >= 0.3 is 5.97 Å². The van der Waals surface area contributed by atoms with E-state index in [4.69, 9.17) is 15.6 Å². The fourth-order valence-corrected chi connectivity index (χ4v) is 4.31. The van der Waals surface area contributed by atoms with Crippen molar-refractivity contribution in [2.24, 2.45) is 0 Å². The molecule has 0 spiro atoms. The third-order valence-corrected chi connectivity index (χ3v) is 5.89. The average molecular weight is 408 g/mol. The van der Waals surface area contributed by atoms with Crippen LogP contribution in [0.1, 0.15) is 51.0 Å².